The molecule has 1 heterocycles. The molecule has 0 radical (unpaired) electrons. The lowest BCUT2D eigenvalue weighted by Gasteiger charge is -2.07. The van der Waals surface area contributed by atoms with E-state index in [0.29, 0.717) is 18.7 Å². The highest BCUT2D eigenvalue weighted by molar-refractivity contribution is 7.89. The van der Waals surface area contributed by atoms with E-state index in [1.54, 1.807) is 6.20 Å². The molecule has 1 aliphatic rings. The van der Waals surface area contributed by atoms with Gasteiger partial charge in [0.1, 0.15) is 0 Å². The molecule has 1 saturated carbocycles. The van der Waals surface area contributed by atoms with Gasteiger partial charge in [0.25, 0.3) is 10.0 Å². The molecule has 0 spiro atoms. The van der Waals surface area contributed by atoms with Crippen molar-refractivity contribution < 1.29 is 8.42 Å². The van der Waals surface area contributed by atoms with Crippen molar-refractivity contribution in [2.24, 2.45) is 5.92 Å². The van der Waals surface area contributed by atoms with Gasteiger partial charge in [-0.3, -0.25) is 5.10 Å². The molecule has 6 nitrogen and oxygen atoms in total. The molecule has 1 aromatic rings. The second-order valence-corrected chi connectivity index (χ2v) is 6.69. The van der Waals surface area contributed by atoms with E-state index in [4.69, 9.17) is 0 Å². The van der Waals surface area contributed by atoms with Crippen LogP contribution in [-0.2, 0) is 16.6 Å². The zero-order valence-electron chi connectivity index (χ0n) is 11.3. The molecular formula is C12H22N4O2S. The largest absolute Gasteiger partial charge is 0.313 e. The van der Waals surface area contributed by atoms with E-state index in [2.05, 4.69) is 20.2 Å². The standard InChI is InChI=1S/C12H22N4O2S/c1-2-13-8-11-9-14-16-12(11)19(17,18)15-7-3-4-10-5-6-10/h9-10,13,15H,2-8H2,1H3,(H,14,16). The number of aromatic nitrogens is 2. The molecule has 108 valence electrons. The molecule has 0 saturated heterocycles. The summed E-state index contributed by atoms with van der Waals surface area (Å²) in [5.41, 5.74) is 0.677. The summed E-state index contributed by atoms with van der Waals surface area (Å²) in [4.78, 5) is 0. The summed E-state index contributed by atoms with van der Waals surface area (Å²) in [6.45, 7) is 3.77. The summed E-state index contributed by atoms with van der Waals surface area (Å²) in [6.07, 6.45) is 6.19. The fraction of sp³-hybridized carbons (Fsp3) is 0.750. The Morgan fingerprint density at radius 1 is 1.47 bits per heavy atom. The first-order valence-electron chi connectivity index (χ1n) is 6.86. The average molecular weight is 286 g/mol. The van der Waals surface area contributed by atoms with Gasteiger partial charge in [-0.1, -0.05) is 19.8 Å². The van der Waals surface area contributed by atoms with Crippen molar-refractivity contribution in [2.45, 2.75) is 44.2 Å². The van der Waals surface area contributed by atoms with Crippen LogP contribution in [0, 0.1) is 5.92 Å². The molecule has 0 unspecified atom stereocenters. The van der Waals surface area contributed by atoms with Gasteiger partial charge in [0, 0.05) is 18.7 Å². The Morgan fingerprint density at radius 2 is 2.26 bits per heavy atom. The van der Waals surface area contributed by atoms with Gasteiger partial charge in [0.15, 0.2) is 5.03 Å². The van der Waals surface area contributed by atoms with E-state index in [-0.39, 0.29) is 5.03 Å². The Labute approximate surface area is 114 Å². The van der Waals surface area contributed by atoms with Gasteiger partial charge in [0.05, 0.1) is 6.20 Å². The summed E-state index contributed by atoms with van der Waals surface area (Å²) in [5.74, 6) is 0.834. The van der Waals surface area contributed by atoms with Crippen LogP contribution >= 0.6 is 0 Å². The number of sulfonamides is 1. The maximum atomic E-state index is 12.1. The molecule has 1 fully saturated rings. The maximum absolute atomic E-state index is 12.1. The van der Waals surface area contributed by atoms with Crippen molar-refractivity contribution in [3.05, 3.63) is 11.8 Å². The average Bonchev–Trinajstić information content (AvgIpc) is 3.07. The molecule has 0 aliphatic heterocycles. The first kappa shape index (κ1) is 14.5. The van der Waals surface area contributed by atoms with E-state index in [1.165, 1.54) is 12.8 Å². The molecule has 7 heteroatoms. The van der Waals surface area contributed by atoms with Gasteiger partial charge in [0.2, 0.25) is 0 Å². The van der Waals surface area contributed by atoms with Gasteiger partial charge in [-0.2, -0.15) is 5.10 Å². The highest BCUT2D eigenvalue weighted by Crippen LogP contribution is 2.33. The molecule has 19 heavy (non-hydrogen) atoms. The van der Waals surface area contributed by atoms with E-state index >= 15 is 0 Å². The topological polar surface area (TPSA) is 86.9 Å². The number of aromatic amines is 1. The number of nitrogens with zero attached hydrogens (tertiary/aromatic N) is 1. The van der Waals surface area contributed by atoms with Crippen molar-refractivity contribution in [2.75, 3.05) is 13.1 Å². The van der Waals surface area contributed by atoms with Gasteiger partial charge in [-0.05, 0) is 25.3 Å². The SMILES string of the molecule is CCNCc1cn[nH]c1S(=O)(=O)NCCCC1CC1. The second-order valence-electron chi connectivity index (χ2n) is 4.99. The number of hydrogen-bond donors (Lipinski definition) is 3. The van der Waals surface area contributed by atoms with Crippen LogP contribution in [0.3, 0.4) is 0 Å². The predicted molar refractivity (Wildman–Crippen MR) is 73.1 cm³/mol. The molecule has 0 atom stereocenters. The molecule has 1 aromatic heterocycles. The summed E-state index contributed by atoms with van der Waals surface area (Å²) >= 11 is 0. The number of nitrogens with one attached hydrogen (secondary N) is 3. The lowest BCUT2D eigenvalue weighted by Crippen LogP contribution is -2.27. The molecule has 0 amide bonds. The molecule has 3 N–H and O–H groups in total. The van der Waals surface area contributed by atoms with Crippen LogP contribution < -0.4 is 10.0 Å². The van der Waals surface area contributed by atoms with Gasteiger partial charge in [-0.15, -0.1) is 0 Å². The minimum Gasteiger partial charge on any atom is -0.313 e. The fourth-order valence-corrected chi connectivity index (χ4v) is 3.19. The second kappa shape index (κ2) is 6.49. The lowest BCUT2D eigenvalue weighted by atomic mass is 10.2. The van der Waals surface area contributed by atoms with E-state index in [0.717, 1.165) is 25.3 Å². The van der Waals surface area contributed by atoms with Crippen molar-refractivity contribution in [3.8, 4) is 0 Å². The maximum Gasteiger partial charge on any atom is 0.257 e. The first-order valence-corrected chi connectivity index (χ1v) is 8.34. The third-order valence-electron chi connectivity index (χ3n) is 3.29. The molecule has 0 aromatic carbocycles. The van der Waals surface area contributed by atoms with Crippen LogP contribution in [0.15, 0.2) is 11.2 Å². The molecular weight excluding hydrogens is 264 g/mol. The number of H-pyrrole nitrogens is 1. The number of hydrogen-bond acceptors (Lipinski definition) is 4. The smallest absolute Gasteiger partial charge is 0.257 e. The third-order valence-corrected chi connectivity index (χ3v) is 4.77. The molecule has 0 bridgehead atoms. The zero-order valence-corrected chi connectivity index (χ0v) is 12.1. The van der Waals surface area contributed by atoms with Crippen LogP contribution in [-0.4, -0.2) is 31.7 Å². The van der Waals surface area contributed by atoms with Crippen molar-refractivity contribution in [1.82, 2.24) is 20.2 Å². The van der Waals surface area contributed by atoms with Crippen LogP contribution in [0.2, 0.25) is 0 Å². The monoisotopic (exact) mass is 286 g/mol. The van der Waals surface area contributed by atoms with Crippen molar-refractivity contribution in [3.63, 3.8) is 0 Å². The molecule has 1 aliphatic carbocycles. The summed E-state index contributed by atoms with van der Waals surface area (Å²) in [5, 5.41) is 9.68. The minimum atomic E-state index is -3.46. The van der Waals surface area contributed by atoms with E-state index < -0.39 is 10.0 Å². The normalized spacial score (nSPS) is 15.8. The summed E-state index contributed by atoms with van der Waals surface area (Å²) in [7, 11) is -3.46. The minimum absolute atomic E-state index is 0.180. The highest BCUT2D eigenvalue weighted by atomic mass is 32.2. The summed E-state index contributed by atoms with van der Waals surface area (Å²) < 4.78 is 26.9. The summed E-state index contributed by atoms with van der Waals surface area (Å²) in [6, 6.07) is 0. The van der Waals surface area contributed by atoms with Gasteiger partial charge >= 0.3 is 0 Å². The highest BCUT2D eigenvalue weighted by Gasteiger charge is 2.22. The Balaban J connectivity index is 1.88. The van der Waals surface area contributed by atoms with Crippen LogP contribution in [0.4, 0.5) is 0 Å². The van der Waals surface area contributed by atoms with Crippen molar-refractivity contribution in [1.29, 1.82) is 0 Å². The number of rotatable bonds is 9. The van der Waals surface area contributed by atoms with E-state index in [9.17, 15) is 8.42 Å². The Bertz CT molecular complexity index is 494. The lowest BCUT2D eigenvalue weighted by molar-refractivity contribution is 0.566. The Kier molecular flexibility index (Phi) is 4.95. The third kappa shape index (κ3) is 4.29. The van der Waals surface area contributed by atoms with E-state index in [1.807, 2.05) is 6.92 Å². The van der Waals surface area contributed by atoms with Crippen molar-refractivity contribution >= 4 is 10.0 Å². The fourth-order valence-electron chi connectivity index (χ4n) is 1.99. The van der Waals surface area contributed by atoms with Crippen LogP contribution in [0.25, 0.3) is 0 Å². The predicted octanol–water partition coefficient (Wildman–Crippen LogP) is 0.988. The molecule has 2 rings (SSSR count). The van der Waals surface area contributed by atoms with Gasteiger partial charge < -0.3 is 5.32 Å². The van der Waals surface area contributed by atoms with Crippen LogP contribution in [0.5, 0.6) is 0 Å². The zero-order chi connectivity index (χ0) is 13.7. The van der Waals surface area contributed by atoms with Gasteiger partial charge in [-0.25, -0.2) is 13.1 Å². The Morgan fingerprint density at radius 3 is 2.95 bits per heavy atom. The van der Waals surface area contributed by atoms with Crippen LogP contribution in [0.1, 0.15) is 38.2 Å². The Hall–Kier alpha value is -0.920. The quantitative estimate of drug-likeness (QED) is 0.591. The first-order chi connectivity index (χ1) is 9.13.